The van der Waals surface area contributed by atoms with Crippen molar-refractivity contribution in [3.63, 3.8) is 0 Å². The maximum absolute atomic E-state index is 12.6. The van der Waals surface area contributed by atoms with Gasteiger partial charge in [-0.2, -0.15) is 0 Å². The van der Waals surface area contributed by atoms with Crippen LogP contribution in [0.3, 0.4) is 0 Å². The second-order valence-electron chi connectivity index (χ2n) is 5.46. The lowest BCUT2D eigenvalue weighted by molar-refractivity contribution is -0.143. The summed E-state index contributed by atoms with van der Waals surface area (Å²) in [4.78, 5) is 25.2. The first kappa shape index (κ1) is 13.7. The maximum atomic E-state index is 12.6. The standard InChI is InChI=1S/C16H17NO4/c1-10-12-4-2-3-5-13(12)21-14(10)15(18)17-8-6-11(7-9-17)16(19)20/h2-5,11H,6-9H2,1H3,(H,19,20). The van der Waals surface area contributed by atoms with Crippen LogP contribution in [0.15, 0.2) is 28.7 Å². The van der Waals surface area contributed by atoms with Crippen LogP contribution in [0, 0.1) is 12.8 Å². The van der Waals surface area contributed by atoms with E-state index in [-0.39, 0.29) is 11.8 Å². The van der Waals surface area contributed by atoms with Gasteiger partial charge in [0.25, 0.3) is 5.91 Å². The van der Waals surface area contributed by atoms with Gasteiger partial charge in [0.15, 0.2) is 5.76 Å². The van der Waals surface area contributed by atoms with Crippen LogP contribution in [-0.4, -0.2) is 35.0 Å². The van der Waals surface area contributed by atoms with Gasteiger partial charge in [0.2, 0.25) is 0 Å². The maximum Gasteiger partial charge on any atom is 0.306 e. The minimum absolute atomic E-state index is 0.146. The largest absolute Gasteiger partial charge is 0.481 e. The normalized spacial score (nSPS) is 16.3. The second kappa shape index (κ2) is 5.24. The third-order valence-electron chi connectivity index (χ3n) is 4.17. The fraction of sp³-hybridized carbons (Fsp3) is 0.375. The lowest BCUT2D eigenvalue weighted by Crippen LogP contribution is -2.40. The minimum atomic E-state index is -0.776. The van der Waals surface area contributed by atoms with Crippen molar-refractivity contribution in [2.75, 3.05) is 13.1 Å². The number of nitrogens with zero attached hydrogens (tertiary/aromatic N) is 1. The molecule has 1 aromatic carbocycles. The number of carbonyl (C=O) groups excluding carboxylic acids is 1. The fourth-order valence-corrected chi connectivity index (χ4v) is 2.85. The minimum Gasteiger partial charge on any atom is -0.481 e. The molecule has 3 rings (SSSR count). The second-order valence-corrected chi connectivity index (χ2v) is 5.46. The highest BCUT2D eigenvalue weighted by Crippen LogP contribution is 2.27. The van der Waals surface area contributed by atoms with E-state index in [1.807, 2.05) is 31.2 Å². The number of hydrogen-bond donors (Lipinski definition) is 1. The van der Waals surface area contributed by atoms with Gasteiger partial charge in [-0.3, -0.25) is 9.59 Å². The molecule has 1 amide bonds. The Bertz CT molecular complexity index is 695. The summed E-state index contributed by atoms with van der Waals surface area (Å²) < 4.78 is 5.68. The summed E-state index contributed by atoms with van der Waals surface area (Å²) in [5, 5.41) is 9.94. The molecule has 1 aromatic heterocycles. The summed E-state index contributed by atoms with van der Waals surface area (Å²) in [6.07, 6.45) is 1.00. The van der Waals surface area contributed by atoms with Gasteiger partial charge in [0.1, 0.15) is 5.58 Å². The van der Waals surface area contributed by atoms with Gasteiger partial charge in [-0.15, -0.1) is 0 Å². The summed E-state index contributed by atoms with van der Waals surface area (Å²) in [5.41, 5.74) is 1.55. The molecular formula is C16H17NO4. The van der Waals surface area contributed by atoms with E-state index in [1.165, 1.54) is 0 Å². The van der Waals surface area contributed by atoms with E-state index >= 15 is 0 Å². The highest BCUT2D eigenvalue weighted by atomic mass is 16.4. The number of carbonyl (C=O) groups is 2. The number of aliphatic carboxylic acids is 1. The summed E-state index contributed by atoms with van der Waals surface area (Å²) in [7, 11) is 0. The van der Waals surface area contributed by atoms with Crippen LogP contribution in [0.1, 0.15) is 29.0 Å². The summed E-state index contributed by atoms with van der Waals surface area (Å²) in [6, 6.07) is 7.56. The molecule has 21 heavy (non-hydrogen) atoms. The van der Waals surface area contributed by atoms with Gasteiger partial charge < -0.3 is 14.4 Å². The van der Waals surface area contributed by atoms with Gasteiger partial charge >= 0.3 is 5.97 Å². The quantitative estimate of drug-likeness (QED) is 0.921. The topological polar surface area (TPSA) is 70.8 Å². The van der Waals surface area contributed by atoms with Crippen molar-refractivity contribution in [3.8, 4) is 0 Å². The number of amides is 1. The van der Waals surface area contributed by atoms with Crippen molar-refractivity contribution in [2.24, 2.45) is 5.92 Å². The van der Waals surface area contributed by atoms with Crippen LogP contribution >= 0.6 is 0 Å². The molecule has 0 bridgehead atoms. The number of hydrogen-bond acceptors (Lipinski definition) is 3. The number of carboxylic acid groups (broad SMARTS) is 1. The summed E-state index contributed by atoms with van der Waals surface area (Å²) in [5.74, 6) is -0.898. The summed E-state index contributed by atoms with van der Waals surface area (Å²) >= 11 is 0. The predicted octanol–water partition coefficient (Wildman–Crippen LogP) is 2.68. The first-order valence-corrected chi connectivity index (χ1v) is 7.08. The number of carboxylic acids is 1. The first-order valence-electron chi connectivity index (χ1n) is 7.08. The van der Waals surface area contributed by atoms with E-state index in [1.54, 1.807) is 4.90 Å². The molecule has 110 valence electrons. The Hall–Kier alpha value is -2.30. The first-order chi connectivity index (χ1) is 10.1. The zero-order chi connectivity index (χ0) is 15.0. The lowest BCUT2D eigenvalue weighted by Gasteiger charge is -2.29. The summed E-state index contributed by atoms with van der Waals surface area (Å²) in [6.45, 7) is 2.81. The highest BCUT2D eigenvalue weighted by molar-refractivity contribution is 5.99. The van der Waals surface area contributed by atoms with Gasteiger partial charge in [-0.25, -0.2) is 0 Å². The number of fused-ring (bicyclic) bond motifs is 1. The van der Waals surface area contributed by atoms with Crippen molar-refractivity contribution >= 4 is 22.8 Å². The van der Waals surface area contributed by atoms with E-state index in [9.17, 15) is 9.59 Å². The smallest absolute Gasteiger partial charge is 0.306 e. The molecular weight excluding hydrogens is 270 g/mol. The van der Waals surface area contributed by atoms with Gasteiger partial charge in [0.05, 0.1) is 5.92 Å². The van der Waals surface area contributed by atoms with Gasteiger partial charge in [0, 0.05) is 24.0 Å². The number of rotatable bonds is 2. The molecule has 1 N–H and O–H groups in total. The molecule has 2 aromatic rings. The molecule has 1 saturated heterocycles. The number of aryl methyl sites for hydroxylation is 1. The van der Waals surface area contributed by atoms with E-state index in [0.717, 1.165) is 10.9 Å². The Balaban J connectivity index is 1.82. The van der Waals surface area contributed by atoms with Crippen LogP contribution in [0.2, 0.25) is 0 Å². The van der Waals surface area contributed by atoms with Gasteiger partial charge in [-0.05, 0) is 25.8 Å². The third-order valence-corrected chi connectivity index (χ3v) is 4.17. The number of likely N-dealkylation sites (tertiary alicyclic amines) is 1. The molecule has 5 nitrogen and oxygen atoms in total. The van der Waals surface area contributed by atoms with Crippen molar-refractivity contribution < 1.29 is 19.1 Å². The molecule has 1 aliphatic heterocycles. The van der Waals surface area contributed by atoms with Crippen LogP contribution < -0.4 is 0 Å². The SMILES string of the molecule is Cc1c(C(=O)N2CCC(C(=O)O)CC2)oc2ccccc12. The van der Waals surface area contributed by atoms with Gasteiger partial charge in [-0.1, -0.05) is 18.2 Å². The number of para-hydroxylation sites is 1. The number of furan rings is 1. The average Bonchev–Trinajstić information content (AvgIpc) is 2.84. The Morgan fingerprint density at radius 1 is 1.24 bits per heavy atom. The van der Waals surface area contributed by atoms with Crippen LogP contribution in [-0.2, 0) is 4.79 Å². The van der Waals surface area contributed by atoms with E-state index in [0.29, 0.717) is 37.3 Å². The zero-order valence-electron chi connectivity index (χ0n) is 11.8. The molecule has 2 heterocycles. The predicted molar refractivity (Wildman–Crippen MR) is 77.2 cm³/mol. The third kappa shape index (κ3) is 2.39. The van der Waals surface area contributed by atoms with Crippen molar-refractivity contribution in [1.29, 1.82) is 0 Å². The fourth-order valence-electron chi connectivity index (χ4n) is 2.85. The molecule has 1 fully saturated rings. The monoisotopic (exact) mass is 287 g/mol. The molecule has 0 atom stereocenters. The van der Waals surface area contributed by atoms with Crippen molar-refractivity contribution in [2.45, 2.75) is 19.8 Å². The Morgan fingerprint density at radius 2 is 1.90 bits per heavy atom. The number of piperidine rings is 1. The highest BCUT2D eigenvalue weighted by Gasteiger charge is 2.29. The molecule has 0 saturated carbocycles. The Morgan fingerprint density at radius 3 is 2.52 bits per heavy atom. The van der Waals surface area contributed by atoms with Crippen LogP contribution in [0.4, 0.5) is 0 Å². The molecule has 0 unspecified atom stereocenters. The Labute approximate surface area is 122 Å². The molecule has 0 aliphatic carbocycles. The van der Waals surface area contributed by atoms with E-state index < -0.39 is 5.97 Å². The van der Waals surface area contributed by atoms with Crippen LogP contribution in [0.25, 0.3) is 11.0 Å². The lowest BCUT2D eigenvalue weighted by atomic mass is 9.97. The average molecular weight is 287 g/mol. The molecule has 0 radical (unpaired) electrons. The number of benzene rings is 1. The zero-order valence-corrected chi connectivity index (χ0v) is 11.8. The van der Waals surface area contributed by atoms with Crippen molar-refractivity contribution in [3.05, 3.63) is 35.6 Å². The van der Waals surface area contributed by atoms with E-state index in [2.05, 4.69) is 0 Å². The van der Waals surface area contributed by atoms with Crippen molar-refractivity contribution in [1.82, 2.24) is 4.90 Å². The molecule has 0 spiro atoms. The van der Waals surface area contributed by atoms with Crippen LogP contribution in [0.5, 0.6) is 0 Å². The Kier molecular flexibility index (Phi) is 3.41. The van der Waals surface area contributed by atoms with E-state index in [4.69, 9.17) is 9.52 Å². The molecule has 5 heteroatoms. The molecule has 1 aliphatic rings.